The summed E-state index contributed by atoms with van der Waals surface area (Å²) < 4.78 is 8.88. The standard InChI is InChI=1S/C8H13NO3/c1-6(2)4-3-5-7-9-12-8(10)11-7/h6H,3-5H2,1-2H3. The molecule has 1 heterocycles. The molecule has 0 radical (unpaired) electrons. The number of rotatable bonds is 4. The van der Waals surface area contributed by atoms with Gasteiger partial charge in [0.2, 0.25) is 5.89 Å². The summed E-state index contributed by atoms with van der Waals surface area (Å²) in [5.41, 5.74) is 0. The molecule has 0 aliphatic rings. The van der Waals surface area contributed by atoms with Crippen molar-refractivity contribution in [1.82, 2.24) is 5.16 Å². The van der Waals surface area contributed by atoms with E-state index in [1.165, 1.54) is 0 Å². The van der Waals surface area contributed by atoms with Gasteiger partial charge in [0, 0.05) is 6.42 Å². The van der Waals surface area contributed by atoms with Gasteiger partial charge in [-0.1, -0.05) is 20.3 Å². The first-order valence-corrected chi connectivity index (χ1v) is 4.14. The number of aromatic nitrogens is 1. The second-order valence-electron chi connectivity index (χ2n) is 3.21. The highest BCUT2D eigenvalue weighted by Gasteiger charge is 2.03. The van der Waals surface area contributed by atoms with Gasteiger partial charge in [0.05, 0.1) is 0 Å². The van der Waals surface area contributed by atoms with Crippen molar-refractivity contribution in [2.45, 2.75) is 33.1 Å². The minimum Gasteiger partial charge on any atom is -0.375 e. The van der Waals surface area contributed by atoms with Crippen LogP contribution in [0.15, 0.2) is 13.7 Å². The zero-order chi connectivity index (χ0) is 8.97. The van der Waals surface area contributed by atoms with Crippen LogP contribution in [-0.4, -0.2) is 5.16 Å². The molecule has 0 amide bonds. The summed E-state index contributed by atoms with van der Waals surface area (Å²) in [6.45, 7) is 4.30. The number of nitrogens with zero attached hydrogens (tertiary/aromatic N) is 1. The molecule has 0 aliphatic carbocycles. The van der Waals surface area contributed by atoms with Gasteiger partial charge in [-0.25, -0.2) is 4.79 Å². The Morgan fingerprint density at radius 3 is 2.75 bits per heavy atom. The summed E-state index contributed by atoms with van der Waals surface area (Å²) in [6.07, 6.45) is 2.77. The van der Waals surface area contributed by atoms with Crippen LogP contribution >= 0.6 is 0 Å². The van der Waals surface area contributed by atoms with Crippen molar-refractivity contribution in [2.24, 2.45) is 5.92 Å². The van der Waals surface area contributed by atoms with E-state index >= 15 is 0 Å². The summed E-state index contributed by atoms with van der Waals surface area (Å²) in [6, 6.07) is 0. The Morgan fingerprint density at radius 2 is 2.25 bits per heavy atom. The molecular formula is C8H13NO3. The summed E-state index contributed by atoms with van der Waals surface area (Å²) in [7, 11) is 0. The third-order valence-corrected chi connectivity index (χ3v) is 1.60. The lowest BCUT2D eigenvalue weighted by Crippen LogP contribution is -1.91. The predicted octanol–water partition coefficient (Wildman–Crippen LogP) is 1.61. The van der Waals surface area contributed by atoms with E-state index in [0.717, 1.165) is 12.8 Å². The fourth-order valence-electron chi connectivity index (χ4n) is 0.980. The van der Waals surface area contributed by atoms with Crippen LogP contribution < -0.4 is 5.82 Å². The Hall–Kier alpha value is -1.06. The highest BCUT2D eigenvalue weighted by molar-refractivity contribution is 4.70. The first-order chi connectivity index (χ1) is 5.68. The van der Waals surface area contributed by atoms with E-state index in [1.54, 1.807) is 0 Å². The first kappa shape index (κ1) is 9.03. The average molecular weight is 171 g/mol. The van der Waals surface area contributed by atoms with Crippen LogP contribution in [0, 0.1) is 5.92 Å². The lowest BCUT2D eigenvalue weighted by atomic mass is 10.1. The van der Waals surface area contributed by atoms with E-state index in [9.17, 15) is 4.79 Å². The van der Waals surface area contributed by atoms with Crippen molar-refractivity contribution in [3.8, 4) is 0 Å². The number of hydrogen-bond donors (Lipinski definition) is 0. The Bertz CT molecular complexity index is 274. The molecule has 0 bridgehead atoms. The quantitative estimate of drug-likeness (QED) is 0.690. The summed E-state index contributed by atoms with van der Waals surface area (Å²) in [4.78, 5) is 10.4. The molecule has 0 spiro atoms. The smallest absolute Gasteiger partial charge is 0.375 e. The Labute approximate surface area is 70.6 Å². The zero-order valence-corrected chi connectivity index (χ0v) is 7.37. The summed E-state index contributed by atoms with van der Waals surface area (Å²) in [5, 5.41) is 3.46. The van der Waals surface area contributed by atoms with E-state index < -0.39 is 5.82 Å². The second-order valence-corrected chi connectivity index (χ2v) is 3.21. The van der Waals surface area contributed by atoms with Crippen LogP contribution in [0.25, 0.3) is 0 Å². The minimum absolute atomic E-state index is 0.403. The molecule has 4 heteroatoms. The molecular weight excluding hydrogens is 158 g/mol. The van der Waals surface area contributed by atoms with Gasteiger partial charge < -0.3 is 4.42 Å². The monoisotopic (exact) mass is 171 g/mol. The fraction of sp³-hybridized carbons (Fsp3) is 0.750. The van der Waals surface area contributed by atoms with Gasteiger partial charge in [-0.3, -0.25) is 4.52 Å². The zero-order valence-electron chi connectivity index (χ0n) is 7.37. The summed E-state index contributed by atoms with van der Waals surface area (Å²) in [5.74, 6) is 0.360. The molecule has 0 N–H and O–H groups in total. The minimum atomic E-state index is -0.713. The van der Waals surface area contributed by atoms with Gasteiger partial charge in [-0.15, -0.1) is 0 Å². The van der Waals surface area contributed by atoms with Gasteiger partial charge in [0.15, 0.2) is 0 Å². The molecule has 1 rings (SSSR count). The molecule has 68 valence electrons. The maximum absolute atomic E-state index is 10.4. The maximum Gasteiger partial charge on any atom is 0.542 e. The van der Waals surface area contributed by atoms with Gasteiger partial charge >= 0.3 is 5.82 Å². The van der Waals surface area contributed by atoms with Crippen LogP contribution in [-0.2, 0) is 6.42 Å². The molecule has 0 saturated heterocycles. The third-order valence-electron chi connectivity index (χ3n) is 1.60. The van der Waals surface area contributed by atoms with Gasteiger partial charge in [0.25, 0.3) is 0 Å². The van der Waals surface area contributed by atoms with Crippen molar-refractivity contribution in [1.29, 1.82) is 0 Å². The van der Waals surface area contributed by atoms with Gasteiger partial charge in [0.1, 0.15) is 0 Å². The van der Waals surface area contributed by atoms with Crippen molar-refractivity contribution in [3.63, 3.8) is 0 Å². The fourth-order valence-corrected chi connectivity index (χ4v) is 0.980. The molecule has 1 aromatic heterocycles. The number of hydrogen-bond acceptors (Lipinski definition) is 4. The van der Waals surface area contributed by atoms with Crippen molar-refractivity contribution in [3.05, 3.63) is 16.5 Å². The average Bonchev–Trinajstić information content (AvgIpc) is 2.35. The third kappa shape index (κ3) is 2.90. The second kappa shape index (κ2) is 4.09. The lowest BCUT2D eigenvalue weighted by Gasteiger charge is -1.99. The van der Waals surface area contributed by atoms with E-state index in [1.807, 2.05) is 0 Å². The predicted molar refractivity (Wildman–Crippen MR) is 42.8 cm³/mol. The Balaban J connectivity index is 2.29. The summed E-state index contributed by atoms with van der Waals surface area (Å²) >= 11 is 0. The maximum atomic E-state index is 10.4. The van der Waals surface area contributed by atoms with Crippen LogP contribution in [0.4, 0.5) is 0 Å². The first-order valence-electron chi connectivity index (χ1n) is 4.14. The Kier molecular flexibility index (Phi) is 3.08. The number of aryl methyl sites for hydroxylation is 1. The van der Waals surface area contributed by atoms with Crippen molar-refractivity contribution in [2.75, 3.05) is 0 Å². The van der Waals surface area contributed by atoms with Crippen LogP contribution in [0.2, 0.25) is 0 Å². The SMILES string of the molecule is CC(C)CCCc1noc(=O)o1. The molecule has 1 aromatic rings. The lowest BCUT2D eigenvalue weighted by molar-refractivity contribution is 0.334. The molecule has 0 aromatic carbocycles. The highest BCUT2D eigenvalue weighted by atomic mass is 16.6. The van der Waals surface area contributed by atoms with Crippen LogP contribution in [0.1, 0.15) is 32.6 Å². The van der Waals surface area contributed by atoms with E-state index in [4.69, 9.17) is 0 Å². The Morgan fingerprint density at radius 1 is 1.50 bits per heavy atom. The molecule has 0 atom stereocenters. The van der Waals surface area contributed by atoms with E-state index in [2.05, 4.69) is 27.9 Å². The molecule has 0 fully saturated rings. The molecule has 4 nitrogen and oxygen atoms in total. The normalized spacial score (nSPS) is 10.9. The highest BCUT2D eigenvalue weighted by Crippen LogP contribution is 2.06. The van der Waals surface area contributed by atoms with Crippen molar-refractivity contribution >= 4 is 0 Å². The van der Waals surface area contributed by atoms with Crippen LogP contribution in [0.3, 0.4) is 0 Å². The van der Waals surface area contributed by atoms with Gasteiger partial charge in [-0.2, -0.15) is 0 Å². The van der Waals surface area contributed by atoms with Gasteiger partial charge in [-0.05, 0) is 17.5 Å². The van der Waals surface area contributed by atoms with Crippen LogP contribution in [0.5, 0.6) is 0 Å². The largest absolute Gasteiger partial charge is 0.542 e. The van der Waals surface area contributed by atoms with E-state index in [0.29, 0.717) is 18.2 Å². The topological polar surface area (TPSA) is 56.2 Å². The molecule has 0 aliphatic heterocycles. The molecule has 0 unspecified atom stereocenters. The van der Waals surface area contributed by atoms with Crippen molar-refractivity contribution < 1.29 is 8.94 Å². The molecule has 0 saturated carbocycles. The molecule has 12 heavy (non-hydrogen) atoms. The van der Waals surface area contributed by atoms with E-state index in [-0.39, 0.29) is 0 Å².